The third kappa shape index (κ3) is 9.79. The normalized spacial score (nSPS) is 12.5. The second kappa shape index (κ2) is 11.7. The van der Waals surface area contributed by atoms with Gasteiger partial charge in [0.05, 0.1) is 7.11 Å². The number of amides is 3. The van der Waals surface area contributed by atoms with Gasteiger partial charge in [0.2, 0.25) is 5.91 Å². The van der Waals surface area contributed by atoms with Gasteiger partial charge in [-0.05, 0) is 38.3 Å². The summed E-state index contributed by atoms with van der Waals surface area (Å²) in [5.74, 6) is -2.20. The standard InChI is InChI=1S/C22H31N3O6/c1-14(2)18(25-21(29)31-22(3,4)5)20(28)24-16(12-15-10-8-7-9-11-15)19(27)23-13-17(26)30-6/h7-12,14,18H,13H2,1-6H3,(H,23,27)(H,24,28)(H,25,29)/b16-12-. The molecule has 0 saturated carbocycles. The van der Waals surface area contributed by atoms with Crippen molar-refractivity contribution in [3.8, 4) is 0 Å². The van der Waals surface area contributed by atoms with Crippen molar-refractivity contribution < 1.29 is 28.7 Å². The first-order valence-electron chi connectivity index (χ1n) is 9.85. The third-order valence-electron chi connectivity index (χ3n) is 3.86. The van der Waals surface area contributed by atoms with E-state index in [0.717, 1.165) is 0 Å². The van der Waals surface area contributed by atoms with Gasteiger partial charge in [-0.3, -0.25) is 14.4 Å². The molecule has 9 heteroatoms. The number of benzene rings is 1. The number of hydrogen-bond donors (Lipinski definition) is 3. The highest BCUT2D eigenvalue weighted by molar-refractivity contribution is 6.03. The molecule has 3 N–H and O–H groups in total. The number of methoxy groups -OCH3 is 1. The summed E-state index contributed by atoms with van der Waals surface area (Å²) in [4.78, 5) is 49.0. The molecule has 31 heavy (non-hydrogen) atoms. The van der Waals surface area contributed by atoms with Gasteiger partial charge in [0.25, 0.3) is 5.91 Å². The first kappa shape index (κ1) is 25.7. The number of nitrogens with one attached hydrogen (secondary N) is 3. The first-order chi connectivity index (χ1) is 14.4. The second-order valence-electron chi connectivity index (χ2n) is 8.08. The van der Waals surface area contributed by atoms with Gasteiger partial charge in [-0.1, -0.05) is 44.2 Å². The number of alkyl carbamates (subject to hydrolysis) is 1. The minimum atomic E-state index is -0.956. The predicted octanol–water partition coefficient (Wildman–Crippen LogP) is 1.98. The number of esters is 1. The maximum absolute atomic E-state index is 12.9. The fraction of sp³-hybridized carbons (Fsp3) is 0.455. The van der Waals surface area contributed by atoms with Gasteiger partial charge in [-0.15, -0.1) is 0 Å². The monoisotopic (exact) mass is 433 g/mol. The fourth-order valence-corrected chi connectivity index (χ4v) is 2.37. The van der Waals surface area contributed by atoms with Crippen LogP contribution in [0.2, 0.25) is 0 Å². The van der Waals surface area contributed by atoms with E-state index in [-0.39, 0.29) is 18.2 Å². The Bertz CT molecular complexity index is 812. The topological polar surface area (TPSA) is 123 Å². The lowest BCUT2D eigenvalue weighted by Crippen LogP contribution is -2.51. The lowest BCUT2D eigenvalue weighted by molar-refractivity contribution is -0.140. The van der Waals surface area contributed by atoms with Crippen LogP contribution in [0.25, 0.3) is 6.08 Å². The summed E-state index contributed by atoms with van der Waals surface area (Å²) in [6, 6.07) is 7.91. The number of hydrogen-bond acceptors (Lipinski definition) is 6. The van der Waals surface area contributed by atoms with Crippen molar-refractivity contribution in [3.05, 3.63) is 41.6 Å². The zero-order valence-corrected chi connectivity index (χ0v) is 18.8. The average Bonchev–Trinajstić information content (AvgIpc) is 2.68. The van der Waals surface area contributed by atoms with Crippen molar-refractivity contribution in [2.45, 2.75) is 46.3 Å². The smallest absolute Gasteiger partial charge is 0.408 e. The van der Waals surface area contributed by atoms with E-state index in [0.29, 0.717) is 5.56 Å². The Morgan fingerprint density at radius 1 is 1.06 bits per heavy atom. The van der Waals surface area contributed by atoms with Crippen molar-refractivity contribution in [2.24, 2.45) is 5.92 Å². The Hall–Kier alpha value is -3.36. The van der Waals surface area contributed by atoms with Crippen molar-refractivity contribution in [1.82, 2.24) is 16.0 Å². The Kier molecular flexibility index (Phi) is 9.72. The second-order valence-corrected chi connectivity index (χ2v) is 8.08. The molecule has 0 heterocycles. The van der Waals surface area contributed by atoms with Crippen LogP contribution in [0.3, 0.4) is 0 Å². The molecule has 0 bridgehead atoms. The SMILES string of the molecule is COC(=O)CNC(=O)/C(=C/c1ccccc1)NC(=O)C(NC(=O)OC(C)(C)C)C(C)C. The van der Waals surface area contributed by atoms with Gasteiger partial charge in [-0.25, -0.2) is 4.79 Å². The van der Waals surface area contributed by atoms with Crippen LogP contribution in [0.5, 0.6) is 0 Å². The zero-order chi connectivity index (χ0) is 23.6. The highest BCUT2D eigenvalue weighted by atomic mass is 16.6. The molecule has 0 aromatic heterocycles. The van der Waals surface area contributed by atoms with E-state index in [2.05, 4.69) is 20.7 Å². The third-order valence-corrected chi connectivity index (χ3v) is 3.86. The number of carbonyl (C=O) groups is 4. The first-order valence-corrected chi connectivity index (χ1v) is 9.85. The summed E-state index contributed by atoms with van der Waals surface area (Å²) in [5, 5.41) is 7.47. The van der Waals surface area contributed by atoms with E-state index < -0.39 is 35.5 Å². The highest BCUT2D eigenvalue weighted by Crippen LogP contribution is 2.10. The molecule has 0 fully saturated rings. The van der Waals surface area contributed by atoms with Crippen molar-refractivity contribution in [2.75, 3.05) is 13.7 Å². The summed E-state index contributed by atoms with van der Waals surface area (Å²) in [6.45, 7) is 8.27. The van der Waals surface area contributed by atoms with E-state index in [1.54, 1.807) is 58.9 Å². The lowest BCUT2D eigenvalue weighted by Gasteiger charge is -2.25. The number of carbonyl (C=O) groups excluding carboxylic acids is 4. The molecule has 170 valence electrons. The molecule has 1 rings (SSSR count). The molecule has 0 aliphatic heterocycles. The van der Waals surface area contributed by atoms with Crippen molar-refractivity contribution >= 4 is 30.0 Å². The van der Waals surface area contributed by atoms with Crippen LogP contribution in [0.4, 0.5) is 4.79 Å². The van der Waals surface area contributed by atoms with Gasteiger partial charge in [0.15, 0.2) is 0 Å². The average molecular weight is 434 g/mol. The summed E-state index contributed by atoms with van der Waals surface area (Å²) in [7, 11) is 1.20. The van der Waals surface area contributed by atoms with Crippen LogP contribution in [-0.4, -0.2) is 49.2 Å². The molecule has 1 unspecified atom stereocenters. The van der Waals surface area contributed by atoms with Crippen LogP contribution in [0.1, 0.15) is 40.2 Å². The summed E-state index contributed by atoms with van der Waals surface area (Å²) in [6.07, 6.45) is 0.722. The molecule has 0 aliphatic rings. The molecule has 1 atom stereocenters. The summed E-state index contributed by atoms with van der Waals surface area (Å²) >= 11 is 0. The minimum absolute atomic E-state index is 0.0864. The van der Waals surface area contributed by atoms with Crippen LogP contribution in [-0.2, 0) is 23.9 Å². The molecule has 0 aliphatic carbocycles. The number of ether oxygens (including phenoxy) is 2. The lowest BCUT2D eigenvalue weighted by atomic mass is 10.0. The quantitative estimate of drug-likeness (QED) is 0.426. The van der Waals surface area contributed by atoms with E-state index in [9.17, 15) is 19.2 Å². The van der Waals surface area contributed by atoms with Crippen molar-refractivity contribution in [1.29, 1.82) is 0 Å². The predicted molar refractivity (Wildman–Crippen MR) is 116 cm³/mol. The fourth-order valence-electron chi connectivity index (χ4n) is 2.37. The van der Waals surface area contributed by atoms with Gasteiger partial charge in [-0.2, -0.15) is 0 Å². The van der Waals surface area contributed by atoms with Crippen LogP contribution >= 0.6 is 0 Å². The molecule has 1 aromatic rings. The van der Waals surface area contributed by atoms with E-state index in [1.807, 2.05) is 6.07 Å². The largest absolute Gasteiger partial charge is 0.468 e. The maximum Gasteiger partial charge on any atom is 0.408 e. The number of rotatable bonds is 8. The summed E-state index contributed by atoms with van der Waals surface area (Å²) in [5.41, 5.74) is -0.155. The van der Waals surface area contributed by atoms with Crippen LogP contribution in [0, 0.1) is 5.92 Å². The molecular weight excluding hydrogens is 402 g/mol. The molecule has 0 radical (unpaired) electrons. The minimum Gasteiger partial charge on any atom is -0.468 e. The van der Waals surface area contributed by atoms with Gasteiger partial charge >= 0.3 is 12.1 Å². The maximum atomic E-state index is 12.9. The highest BCUT2D eigenvalue weighted by Gasteiger charge is 2.28. The van der Waals surface area contributed by atoms with Crippen LogP contribution < -0.4 is 16.0 Å². The summed E-state index contributed by atoms with van der Waals surface area (Å²) < 4.78 is 9.73. The van der Waals surface area contributed by atoms with E-state index >= 15 is 0 Å². The van der Waals surface area contributed by atoms with Gasteiger partial charge in [0.1, 0.15) is 23.9 Å². The molecule has 1 aromatic carbocycles. The molecular formula is C22H31N3O6. The van der Waals surface area contributed by atoms with Gasteiger partial charge in [0, 0.05) is 0 Å². The Labute approximate surface area is 182 Å². The van der Waals surface area contributed by atoms with Crippen LogP contribution in [0.15, 0.2) is 36.0 Å². The molecule has 9 nitrogen and oxygen atoms in total. The van der Waals surface area contributed by atoms with Gasteiger partial charge < -0.3 is 25.4 Å². The molecule has 3 amide bonds. The zero-order valence-electron chi connectivity index (χ0n) is 18.8. The Balaban J connectivity index is 3.05. The molecule has 0 saturated heterocycles. The van der Waals surface area contributed by atoms with E-state index in [4.69, 9.17) is 4.74 Å². The van der Waals surface area contributed by atoms with E-state index in [1.165, 1.54) is 13.2 Å². The van der Waals surface area contributed by atoms with Crippen molar-refractivity contribution in [3.63, 3.8) is 0 Å². The molecule has 0 spiro atoms. The Morgan fingerprint density at radius 2 is 1.68 bits per heavy atom. The Morgan fingerprint density at radius 3 is 2.19 bits per heavy atom.